The molecule has 0 spiro atoms. The minimum Gasteiger partial charge on any atom is -0.369 e. The molecule has 1 atom stereocenters. The van der Waals surface area contributed by atoms with E-state index in [-0.39, 0.29) is 12.4 Å². The number of fused-ring (bicyclic) bond motifs is 2. The molecular formula is C26H30ClN3. The highest BCUT2D eigenvalue weighted by molar-refractivity contribution is 5.97. The number of aryl methyl sites for hydroxylation is 2. The summed E-state index contributed by atoms with van der Waals surface area (Å²) >= 11 is 0. The fourth-order valence-corrected chi connectivity index (χ4v) is 3.98. The molecule has 1 aliphatic heterocycles. The van der Waals surface area contributed by atoms with Gasteiger partial charge >= 0.3 is 0 Å². The van der Waals surface area contributed by atoms with Gasteiger partial charge in [0, 0.05) is 5.69 Å². The fraction of sp³-hybridized carbons (Fsp3) is 0.269. The number of halogens is 1. The van der Waals surface area contributed by atoms with Crippen LogP contribution in [-0.2, 0) is 19.4 Å². The molecule has 0 aromatic heterocycles. The van der Waals surface area contributed by atoms with Gasteiger partial charge in [-0.25, -0.2) is 4.99 Å². The molecule has 0 radical (unpaired) electrons. The third kappa shape index (κ3) is 4.68. The van der Waals surface area contributed by atoms with Gasteiger partial charge in [0.1, 0.15) is 0 Å². The molecule has 1 heterocycles. The van der Waals surface area contributed by atoms with E-state index in [1.165, 1.54) is 22.3 Å². The Labute approximate surface area is 186 Å². The molecule has 3 aromatic carbocycles. The number of guanidine groups is 1. The van der Waals surface area contributed by atoms with E-state index in [1.54, 1.807) is 0 Å². The molecule has 1 aliphatic rings. The van der Waals surface area contributed by atoms with Gasteiger partial charge in [0.25, 0.3) is 0 Å². The van der Waals surface area contributed by atoms with Crippen LogP contribution in [-0.4, -0.2) is 5.96 Å². The van der Waals surface area contributed by atoms with Crippen LogP contribution < -0.4 is 10.6 Å². The standard InChI is InChI=1S/C26H29N3.ClH/c1-3-19(2)20-14-16-24(17-15-20)28-26(27)29-18-23-10-5-4-8-21(23)12-13-22-9-6-7-11-25(22)29;/h4-11,14-17,19H,3,12-13,18H2,1-2H3,(H2,27,28);1H. The molecule has 156 valence electrons. The van der Waals surface area contributed by atoms with Gasteiger partial charge in [0.2, 0.25) is 5.96 Å². The average Bonchev–Trinajstić information content (AvgIpc) is 2.75. The Morgan fingerprint density at radius 2 is 1.50 bits per heavy atom. The molecule has 0 saturated carbocycles. The number of para-hydroxylation sites is 1. The Bertz CT molecular complexity index is 1010. The highest BCUT2D eigenvalue weighted by atomic mass is 35.5. The summed E-state index contributed by atoms with van der Waals surface area (Å²) in [6.45, 7) is 5.20. The summed E-state index contributed by atoms with van der Waals surface area (Å²) in [6.07, 6.45) is 3.18. The maximum Gasteiger partial charge on any atom is 0.201 e. The first-order chi connectivity index (χ1) is 14.2. The van der Waals surface area contributed by atoms with Crippen LogP contribution in [0.4, 0.5) is 11.4 Å². The number of rotatable bonds is 3. The topological polar surface area (TPSA) is 41.6 Å². The van der Waals surface area contributed by atoms with Crippen molar-refractivity contribution < 1.29 is 0 Å². The van der Waals surface area contributed by atoms with Crippen LogP contribution in [0.3, 0.4) is 0 Å². The molecule has 0 saturated heterocycles. The predicted molar refractivity (Wildman–Crippen MR) is 130 cm³/mol. The summed E-state index contributed by atoms with van der Waals surface area (Å²) in [7, 11) is 0. The average molecular weight is 420 g/mol. The molecule has 3 aromatic rings. The molecule has 0 fully saturated rings. The van der Waals surface area contributed by atoms with Crippen molar-refractivity contribution >= 4 is 29.7 Å². The first-order valence-electron chi connectivity index (χ1n) is 10.5. The first-order valence-corrected chi connectivity index (χ1v) is 10.5. The SMILES string of the molecule is CCC(C)c1ccc(N=C(N)N2Cc3ccccc3CCc3ccccc32)cc1.Cl. The summed E-state index contributed by atoms with van der Waals surface area (Å²) < 4.78 is 0. The second-order valence-electron chi connectivity index (χ2n) is 7.85. The Morgan fingerprint density at radius 1 is 0.900 bits per heavy atom. The normalized spacial score (nSPS) is 14.6. The lowest BCUT2D eigenvalue weighted by atomic mass is 9.95. The minimum atomic E-state index is 0. The van der Waals surface area contributed by atoms with Crippen molar-refractivity contribution in [3.63, 3.8) is 0 Å². The van der Waals surface area contributed by atoms with Gasteiger partial charge in [-0.3, -0.25) is 0 Å². The van der Waals surface area contributed by atoms with Gasteiger partial charge < -0.3 is 10.6 Å². The zero-order chi connectivity index (χ0) is 20.2. The van der Waals surface area contributed by atoms with E-state index in [0.717, 1.165) is 37.2 Å². The smallest absolute Gasteiger partial charge is 0.201 e. The van der Waals surface area contributed by atoms with Crippen molar-refractivity contribution in [2.24, 2.45) is 10.7 Å². The lowest BCUT2D eigenvalue weighted by molar-refractivity contribution is 0.734. The van der Waals surface area contributed by atoms with Gasteiger partial charge in [-0.1, -0.05) is 68.4 Å². The van der Waals surface area contributed by atoms with E-state index in [9.17, 15) is 0 Å². The fourth-order valence-electron chi connectivity index (χ4n) is 3.98. The van der Waals surface area contributed by atoms with E-state index in [4.69, 9.17) is 10.7 Å². The van der Waals surface area contributed by atoms with Crippen molar-refractivity contribution in [2.45, 2.75) is 45.6 Å². The van der Waals surface area contributed by atoms with E-state index in [0.29, 0.717) is 11.9 Å². The van der Waals surface area contributed by atoms with Gasteiger partial charge in [-0.2, -0.15) is 0 Å². The van der Waals surface area contributed by atoms with E-state index >= 15 is 0 Å². The van der Waals surface area contributed by atoms with Crippen LogP contribution in [0.25, 0.3) is 0 Å². The van der Waals surface area contributed by atoms with Crippen molar-refractivity contribution in [1.82, 2.24) is 0 Å². The molecule has 1 unspecified atom stereocenters. The van der Waals surface area contributed by atoms with Crippen molar-refractivity contribution in [3.05, 3.63) is 95.1 Å². The van der Waals surface area contributed by atoms with E-state index < -0.39 is 0 Å². The van der Waals surface area contributed by atoms with E-state index in [1.807, 2.05) is 0 Å². The quantitative estimate of drug-likeness (QED) is 0.395. The number of nitrogens with two attached hydrogens (primary N) is 1. The molecule has 3 nitrogen and oxygen atoms in total. The summed E-state index contributed by atoms with van der Waals surface area (Å²) in [5, 5.41) is 0. The molecule has 30 heavy (non-hydrogen) atoms. The lowest BCUT2D eigenvalue weighted by Gasteiger charge is -2.29. The zero-order valence-electron chi connectivity index (χ0n) is 17.7. The van der Waals surface area contributed by atoms with Crippen LogP contribution >= 0.6 is 12.4 Å². The second kappa shape index (κ2) is 9.82. The van der Waals surface area contributed by atoms with Crippen LogP contribution in [0.1, 0.15) is 48.4 Å². The molecular weight excluding hydrogens is 390 g/mol. The van der Waals surface area contributed by atoms with Crippen LogP contribution in [0.15, 0.2) is 77.8 Å². The van der Waals surface area contributed by atoms with Crippen LogP contribution in [0.2, 0.25) is 0 Å². The number of hydrogen-bond acceptors (Lipinski definition) is 1. The summed E-state index contributed by atoms with van der Waals surface area (Å²) in [4.78, 5) is 6.92. The predicted octanol–water partition coefficient (Wildman–Crippen LogP) is 6.37. The Kier molecular flexibility index (Phi) is 7.17. The minimum absolute atomic E-state index is 0. The van der Waals surface area contributed by atoms with Crippen molar-refractivity contribution in [2.75, 3.05) is 4.90 Å². The highest BCUT2D eigenvalue weighted by Crippen LogP contribution is 2.29. The Balaban J connectivity index is 0.00000256. The number of hydrogen-bond donors (Lipinski definition) is 1. The van der Waals surface area contributed by atoms with Crippen LogP contribution in [0, 0.1) is 0 Å². The van der Waals surface area contributed by atoms with Gasteiger partial charge in [-0.05, 0) is 65.6 Å². The van der Waals surface area contributed by atoms with Crippen molar-refractivity contribution in [1.29, 1.82) is 0 Å². The molecule has 0 bridgehead atoms. The Hall–Kier alpha value is -2.78. The highest BCUT2D eigenvalue weighted by Gasteiger charge is 2.19. The van der Waals surface area contributed by atoms with Crippen molar-refractivity contribution in [3.8, 4) is 0 Å². The summed E-state index contributed by atoms with van der Waals surface area (Å²) in [6, 6.07) is 25.6. The number of nitrogens with zero attached hydrogens (tertiary/aromatic N) is 2. The largest absolute Gasteiger partial charge is 0.369 e. The molecule has 4 rings (SSSR count). The van der Waals surface area contributed by atoms with Crippen LogP contribution in [0.5, 0.6) is 0 Å². The molecule has 2 N–H and O–H groups in total. The second-order valence-corrected chi connectivity index (χ2v) is 7.85. The molecule has 0 amide bonds. The first kappa shape index (κ1) is 21.9. The lowest BCUT2D eigenvalue weighted by Crippen LogP contribution is -2.38. The summed E-state index contributed by atoms with van der Waals surface area (Å²) in [5.41, 5.74) is 14.0. The number of anilines is 1. The number of aliphatic imine (C=N–C) groups is 1. The molecule has 0 aliphatic carbocycles. The van der Waals surface area contributed by atoms with Gasteiger partial charge in [0.05, 0.1) is 12.2 Å². The molecule has 4 heteroatoms. The van der Waals surface area contributed by atoms with Gasteiger partial charge in [0.15, 0.2) is 0 Å². The zero-order valence-corrected chi connectivity index (χ0v) is 18.5. The third-order valence-electron chi connectivity index (χ3n) is 5.99. The monoisotopic (exact) mass is 419 g/mol. The Morgan fingerprint density at radius 3 is 2.20 bits per heavy atom. The summed E-state index contributed by atoms with van der Waals surface area (Å²) in [5.74, 6) is 1.09. The third-order valence-corrected chi connectivity index (χ3v) is 5.99. The van der Waals surface area contributed by atoms with Gasteiger partial charge in [-0.15, -0.1) is 12.4 Å². The van der Waals surface area contributed by atoms with E-state index in [2.05, 4.69) is 91.5 Å². The maximum absolute atomic E-state index is 6.57. The maximum atomic E-state index is 6.57. The number of benzene rings is 3.